The molecule has 0 bridgehead atoms. The summed E-state index contributed by atoms with van der Waals surface area (Å²) >= 11 is 0. The quantitative estimate of drug-likeness (QED) is 0.774. The molecule has 0 spiro atoms. The molecule has 3 rings (SSSR count). The van der Waals surface area contributed by atoms with Crippen molar-refractivity contribution in [1.82, 2.24) is 0 Å². The Morgan fingerprint density at radius 2 is 1.79 bits per heavy atom. The van der Waals surface area contributed by atoms with E-state index in [-0.39, 0.29) is 5.82 Å². The lowest BCUT2D eigenvalue weighted by Crippen LogP contribution is -2.26. The van der Waals surface area contributed by atoms with Gasteiger partial charge in [0, 0.05) is 0 Å². The van der Waals surface area contributed by atoms with Crippen LogP contribution in [0.15, 0.2) is 55.1 Å². The summed E-state index contributed by atoms with van der Waals surface area (Å²) in [5.74, 6) is -0.259. The van der Waals surface area contributed by atoms with Crippen molar-refractivity contribution >= 4 is 0 Å². The van der Waals surface area contributed by atoms with Crippen LogP contribution in [0.3, 0.4) is 0 Å². The Kier molecular flexibility index (Phi) is 2.76. The van der Waals surface area contributed by atoms with Crippen LogP contribution in [0.4, 0.5) is 4.39 Å². The third-order valence-corrected chi connectivity index (χ3v) is 3.90. The SMILES string of the molecule is C=CC1(O)c2ccccc2CCc2c(F)cccc21. The third-order valence-electron chi connectivity index (χ3n) is 3.90. The maximum atomic E-state index is 14.0. The first-order valence-corrected chi connectivity index (χ1v) is 6.39. The lowest BCUT2D eigenvalue weighted by molar-refractivity contribution is 0.134. The van der Waals surface area contributed by atoms with Crippen LogP contribution < -0.4 is 0 Å². The first kappa shape index (κ1) is 12.1. The summed E-state index contributed by atoms with van der Waals surface area (Å²) in [6.07, 6.45) is 2.81. The summed E-state index contributed by atoms with van der Waals surface area (Å²) in [4.78, 5) is 0. The van der Waals surface area contributed by atoms with Gasteiger partial charge in [-0.3, -0.25) is 0 Å². The lowest BCUT2D eigenvalue weighted by Gasteiger charge is -2.27. The van der Waals surface area contributed by atoms with Crippen LogP contribution in [-0.2, 0) is 18.4 Å². The fourth-order valence-corrected chi connectivity index (χ4v) is 2.90. The van der Waals surface area contributed by atoms with Crippen LogP contribution in [0.5, 0.6) is 0 Å². The zero-order valence-electron chi connectivity index (χ0n) is 10.6. The third kappa shape index (κ3) is 1.71. The van der Waals surface area contributed by atoms with Crippen molar-refractivity contribution < 1.29 is 9.50 Å². The Balaban J connectivity index is 2.34. The lowest BCUT2D eigenvalue weighted by atomic mass is 9.83. The predicted octanol–water partition coefficient (Wildman–Crippen LogP) is 3.35. The molecule has 1 aliphatic carbocycles. The van der Waals surface area contributed by atoms with Crippen LogP contribution >= 0.6 is 0 Å². The molecule has 19 heavy (non-hydrogen) atoms. The van der Waals surface area contributed by atoms with Gasteiger partial charge in [0.25, 0.3) is 0 Å². The summed E-state index contributed by atoms with van der Waals surface area (Å²) < 4.78 is 14.0. The number of hydrogen-bond donors (Lipinski definition) is 1. The highest BCUT2D eigenvalue weighted by molar-refractivity contribution is 5.50. The van der Waals surface area contributed by atoms with E-state index >= 15 is 0 Å². The molecule has 0 saturated heterocycles. The Morgan fingerprint density at radius 1 is 1.05 bits per heavy atom. The van der Waals surface area contributed by atoms with E-state index in [9.17, 15) is 9.50 Å². The normalized spacial score (nSPS) is 21.2. The molecule has 0 fully saturated rings. The van der Waals surface area contributed by atoms with Gasteiger partial charge >= 0.3 is 0 Å². The maximum Gasteiger partial charge on any atom is 0.134 e. The molecule has 0 heterocycles. The van der Waals surface area contributed by atoms with Crippen LogP contribution in [0.25, 0.3) is 0 Å². The summed E-state index contributed by atoms with van der Waals surface area (Å²) in [7, 11) is 0. The molecule has 1 nitrogen and oxygen atoms in total. The highest BCUT2D eigenvalue weighted by Gasteiger charge is 2.35. The number of rotatable bonds is 1. The van der Waals surface area contributed by atoms with Gasteiger partial charge in [-0.25, -0.2) is 4.39 Å². The van der Waals surface area contributed by atoms with Gasteiger partial charge in [0.1, 0.15) is 11.4 Å². The first-order valence-electron chi connectivity index (χ1n) is 6.39. The maximum absolute atomic E-state index is 14.0. The standard InChI is InChI=1S/C17H15FO/c1-2-17(19)14-7-4-3-6-12(14)10-11-13-15(17)8-5-9-16(13)18/h2-9,19H,1,10-11H2. The van der Waals surface area contributed by atoms with E-state index in [1.807, 2.05) is 24.3 Å². The molecule has 0 radical (unpaired) electrons. The molecule has 0 aliphatic heterocycles. The van der Waals surface area contributed by atoms with Gasteiger partial charge in [-0.05, 0) is 41.2 Å². The topological polar surface area (TPSA) is 20.2 Å². The monoisotopic (exact) mass is 254 g/mol. The van der Waals surface area contributed by atoms with Gasteiger partial charge in [0.05, 0.1) is 0 Å². The van der Waals surface area contributed by atoms with Crippen molar-refractivity contribution in [2.24, 2.45) is 0 Å². The zero-order chi connectivity index (χ0) is 13.5. The Hall–Kier alpha value is -1.93. The Morgan fingerprint density at radius 3 is 2.58 bits per heavy atom. The van der Waals surface area contributed by atoms with Crippen LogP contribution in [0.1, 0.15) is 22.3 Å². The fourth-order valence-electron chi connectivity index (χ4n) is 2.90. The van der Waals surface area contributed by atoms with Crippen LogP contribution in [0, 0.1) is 5.82 Å². The summed E-state index contributed by atoms with van der Waals surface area (Å²) in [6, 6.07) is 12.5. The van der Waals surface area contributed by atoms with Crippen molar-refractivity contribution in [2.45, 2.75) is 18.4 Å². The molecule has 1 N–H and O–H groups in total. The number of aryl methyl sites for hydroxylation is 1. The molecule has 0 amide bonds. The zero-order valence-corrected chi connectivity index (χ0v) is 10.6. The largest absolute Gasteiger partial charge is 0.377 e. The van der Waals surface area contributed by atoms with Crippen LogP contribution in [-0.4, -0.2) is 5.11 Å². The second-order valence-electron chi connectivity index (χ2n) is 4.89. The minimum absolute atomic E-state index is 0.259. The van der Waals surface area contributed by atoms with Crippen molar-refractivity contribution in [3.05, 3.63) is 83.2 Å². The molecule has 2 heteroatoms. The Bertz CT molecular complexity index is 647. The van der Waals surface area contributed by atoms with Gasteiger partial charge in [-0.15, -0.1) is 0 Å². The van der Waals surface area contributed by atoms with E-state index in [1.165, 1.54) is 12.1 Å². The highest BCUT2D eigenvalue weighted by Crippen LogP contribution is 2.39. The average molecular weight is 254 g/mol. The molecule has 0 saturated carbocycles. The number of halogens is 1. The molecule has 96 valence electrons. The Labute approximate surface area is 112 Å². The van der Waals surface area contributed by atoms with E-state index in [2.05, 4.69) is 6.58 Å². The first-order chi connectivity index (χ1) is 9.16. The number of aliphatic hydroxyl groups is 1. The number of hydrogen-bond acceptors (Lipinski definition) is 1. The van der Waals surface area contributed by atoms with Crippen molar-refractivity contribution in [3.63, 3.8) is 0 Å². The average Bonchev–Trinajstić information content (AvgIpc) is 2.57. The molecule has 2 aromatic rings. The molecule has 1 aliphatic rings. The predicted molar refractivity (Wildman–Crippen MR) is 73.4 cm³/mol. The van der Waals surface area contributed by atoms with Gasteiger partial charge in [0.2, 0.25) is 0 Å². The molecule has 0 aromatic heterocycles. The smallest absolute Gasteiger partial charge is 0.134 e. The fraction of sp³-hybridized carbons (Fsp3) is 0.176. The molecule has 2 aromatic carbocycles. The van der Waals surface area contributed by atoms with Gasteiger partial charge in [-0.1, -0.05) is 49.1 Å². The van der Waals surface area contributed by atoms with E-state index in [1.54, 1.807) is 12.1 Å². The van der Waals surface area contributed by atoms with Crippen molar-refractivity contribution in [2.75, 3.05) is 0 Å². The van der Waals surface area contributed by atoms with Gasteiger partial charge in [0.15, 0.2) is 0 Å². The minimum atomic E-state index is -1.31. The highest BCUT2D eigenvalue weighted by atomic mass is 19.1. The number of fused-ring (bicyclic) bond motifs is 2. The summed E-state index contributed by atoms with van der Waals surface area (Å²) in [5, 5.41) is 11.0. The van der Waals surface area contributed by atoms with E-state index in [0.29, 0.717) is 17.5 Å². The van der Waals surface area contributed by atoms with E-state index in [0.717, 1.165) is 17.5 Å². The summed E-state index contributed by atoms with van der Waals surface area (Å²) in [6.45, 7) is 3.75. The van der Waals surface area contributed by atoms with Gasteiger partial charge < -0.3 is 5.11 Å². The molecule has 1 atom stereocenters. The second kappa shape index (κ2) is 4.32. The number of benzene rings is 2. The second-order valence-corrected chi connectivity index (χ2v) is 4.89. The molecule has 1 unspecified atom stereocenters. The minimum Gasteiger partial charge on any atom is -0.377 e. The van der Waals surface area contributed by atoms with Gasteiger partial charge in [-0.2, -0.15) is 0 Å². The van der Waals surface area contributed by atoms with E-state index < -0.39 is 5.60 Å². The van der Waals surface area contributed by atoms with Crippen LogP contribution in [0.2, 0.25) is 0 Å². The van der Waals surface area contributed by atoms with Crippen molar-refractivity contribution in [3.8, 4) is 0 Å². The van der Waals surface area contributed by atoms with Crippen molar-refractivity contribution in [1.29, 1.82) is 0 Å². The molecular weight excluding hydrogens is 239 g/mol. The van der Waals surface area contributed by atoms with E-state index in [4.69, 9.17) is 0 Å². The molecular formula is C17H15FO. The summed E-state index contributed by atoms with van der Waals surface area (Å²) in [5.41, 5.74) is 1.72.